The second-order valence-corrected chi connectivity index (χ2v) is 39.8. The number of rotatable bonds is 14. The summed E-state index contributed by atoms with van der Waals surface area (Å²) >= 11 is 10.7. The van der Waals surface area contributed by atoms with Crippen LogP contribution in [0.1, 0.15) is 105 Å². The topological polar surface area (TPSA) is 119 Å². The van der Waals surface area contributed by atoms with Crippen LogP contribution < -0.4 is 35.0 Å². The Labute approximate surface area is 722 Å². The van der Waals surface area contributed by atoms with Crippen LogP contribution in [0.4, 0.5) is 13.2 Å². The summed E-state index contributed by atoms with van der Waals surface area (Å²) in [6, 6.07) is 93.2. The maximum absolute atomic E-state index is 12.5. The van der Waals surface area contributed by atoms with E-state index in [-0.39, 0.29) is 81.5 Å². The van der Waals surface area contributed by atoms with Crippen molar-refractivity contribution in [1.29, 1.82) is 0 Å². The maximum atomic E-state index is 12.5. The molecule has 1 fully saturated rings. The van der Waals surface area contributed by atoms with Crippen molar-refractivity contribution >= 4 is 181 Å². The quantitative estimate of drug-likeness (QED) is 0.0654. The minimum atomic E-state index is -5.53. The fourth-order valence-electron chi connectivity index (χ4n) is 15.7. The number of carbonyl (C=O) groups is 1. The Morgan fingerprint density at radius 2 is 0.774 bits per heavy atom. The Kier molecular flexibility index (Phi) is 28.1. The number of benzene rings is 12. The number of carbonyl (C=O) groups excluding carboxylic acids is 1. The van der Waals surface area contributed by atoms with Crippen molar-refractivity contribution in [2.75, 3.05) is 0 Å². The van der Waals surface area contributed by atoms with E-state index < -0.39 is 23.9 Å². The molecule has 3 radical (unpaired) electrons. The summed E-state index contributed by atoms with van der Waals surface area (Å²) in [4.78, 5) is 10.9. The molecule has 0 saturated carbocycles. The molecule has 0 bridgehead atoms. The number of hydrogen-bond acceptors (Lipinski definition) is 7. The van der Waals surface area contributed by atoms with Gasteiger partial charge >= 0.3 is 52.3 Å². The third kappa shape index (κ3) is 18.0. The van der Waals surface area contributed by atoms with Crippen LogP contribution in [0.3, 0.4) is 0 Å². The summed E-state index contributed by atoms with van der Waals surface area (Å²) in [6.45, 7) is 21.0. The van der Waals surface area contributed by atoms with Gasteiger partial charge in [0.25, 0.3) is 0 Å². The summed E-state index contributed by atoms with van der Waals surface area (Å²) in [7, 11) is -8.93. The third-order valence-electron chi connectivity index (χ3n) is 21.7. The van der Waals surface area contributed by atoms with Gasteiger partial charge in [0.1, 0.15) is 6.29 Å². The van der Waals surface area contributed by atoms with Gasteiger partial charge < -0.3 is 38.0 Å². The van der Waals surface area contributed by atoms with Crippen LogP contribution in [0.5, 0.6) is 0 Å². The molecule has 1 saturated heterocycles. The van der Waals surface area contributed by atoms with Crippen molar-refractivity contribution in [3.63, 3.8) is 0 Å². The zero-order valence-corrected chi connectivity index (χ0v) is 75.0. The predicted molar refractivity (Wildman–Crippen MR) is 481 cm³/mol. The fraction of sp³-hybridized carbons (Fsp3) is 0.215. The van der Waals surface area contributed by atoms with Crippen molar-refractivity contribution in [2.45, 2.75) is 129 Å². The Morgan fingerprint density at radius 1 is 0.478 bits per heavy atom. The van der Waals surface area contributed by atoms with Gasteiger partial charge in [-0.1, -0.05) is 225 Å². The number of aldehydes is 1. The molecule has 1 aliphatic rings. The number of aryl methyl sites for hydroxylation is 2. The first-order valence-corrected chi connectivity index (χ1v) is 43.9. The standard InChI is InChI=1S/C25H26BNO2.C20H16BrN.C19H14BrNO.C19H12BrNO.C10H21F3O3SSi.B.Na.H/c1-5-18-10-13-20(14-11-18)27-23-9-7-6-8-21(23)22-16-19(12-15-24(22)27)26-28-17(2)25(3,4)29-26;1-2-14-7-10-16(11-8-14)22-19-6-4-3-5-17(19)18-13-15(21)9-12-20(18)22;2*20-14-7-10-19-17(11-14)16-3-1-2-4-18(16)21(19)15-8-5-13(12-22)6-9-15;1-7(2)18(8(3)4,9(5)6)16-17(14,15)10(11,12)13;;;/h6-17H,5H2,1-4H3;3-13H,2H2,1H3;1-11,22H,12H2;1-12H;7-9H,1-6H3;;;/q;;;;;;+1;-1. The molecule has 0 spiro atoms. The van der Waals surface area contributed by atoms with Crippen molar-refractivity contribution < 1.29 is 75.7 Å². The van der Waals surface area contributed by atoms with Gasteiger partial charge in [-0.2, -0.15) is 21.6 Å². The van der Waals surface area contributed by atoms with Gasteiger partial charge in [-0.25, -0.2) is 0 Å². The molecule has 115 heavy (non-hydrogen) atoms. The molecule has 1 N–H and O–H groups in total. The monoisotopic (exact) mass is 1770 g/mol. The first kappa shape index (κ1) is 87.7. The van der Waals surface area contributed by atoms with Gasteiger partial charge in [0.15, 0.2) is 0 Å². The van der Waals surface area contributed by atoms with E-state index in [9.17, 15) is 31.5 Å². The van der Waals surface area contributed by atoms with Gasteiger partial charge in [-0.05, 0) is 218 Å². The number of para-hydroxylation sites is 4. The predicted octanol–water partition coefficient (Wildman–Crippen LogP) is 22.5. The van der Waals surface area contributed by atoms with E-state index in [0.29, 0.717) is 5.56 Å². The van der Waals surface area contributed by atoms with Gasteiger partial charge in [0.05, 0.1) is 62.4 Å². The number of aromatic nitrogens is 4. The molecule has 11 nitrogen and oxygen atoms in total. The average Bonchev–Trinajstić information content (AvgIpc) is 1.60. The number of nitrogens with zero attached hydrogens (tertiary/aromatic N) is 4. The molecule has 0 amide bonds. The average molecular weight is 1780 g/mol. The molecule has 17 rings (SSSR count). The summed E-state index contributed by atoms with van der Waals surface area (Å²) in [5.74, 6) is 0. The smallest absolute Gasteiger partial charge is 1.00 e. The molecule has 1 unspecified atom stereocenters. The van der Waals surface area contributed by atoms with E-state index in [4.69, 9.17) is 13.2 Å². The van der Waals surface area contributed by atoms with Crippen molar-refractivity contribution in [2.24, 2.45) is 0 Å². The summed E-state index contributed by atoms with van der Waals surface area (Å²) in [5, 5.41) is 19.2. The number of fused-ring (bicyclic) bond motifs is 12. The Hall–Kier alpha value is -8.12. The Bertz CT molecular complexity index is 6080. The molecule has 1 aliphatic heterocycles. The van der Waals surface area contributed by atoms with Gasteiger partial charge in [0, 0.05) is 93.2 Å². The van der Waals surface area contributed by atoms with E-state index in [1.807, 2.05) is 42.5 Å². The minimum absolute atomic E-state index is 0. The van der Waals surface area contributed by atoms with E-state index in [1.54, 1.807) is 41.5 Å². The molecule has 12 aromatic carbocycles. The third-order valence-corrected chi connectivity index (χ3v) is 31.2. The van der Waals surface area contributed by atoms with Crippen molar-refractivity contribution in [3.05, 3.63) is 303 Å². The molecule has 5 heterocycles. The largest absolute Gasteiger partial charge is 1.00 e. The van der Waals surface area contributed by atoms with Crippen LogP contribution in [-0.2, 0) is 42.7 Å². The SMILES string of the molecule is CC(C)[Si](OS(=O)(=O)C(F)(F)F)(C(C)C)C(C)C.CCc1ccc(-n2c3ccccc3c3cc(B4OC(C)C(C)(C)O4)ccc32)cc1.CCc1ccc(-n2c3ccccc3c3cc(Br)ccc32)cc1.O=Cc1ccc(-n2c3ccccc3c3cc(Br)ccc32)cc1.OCc1ccc(-n2c3ccccc3c3cc(Br)ccc32)cc1.[B].[H-].[Na+]. The van der Waals surface area contributed by atoms with E-state index in [2.05, 4.69) is 325 Å². The summed E-state index contributed by atoms with van der Waals surface area (Å²) < 4.78 is 89.4. The number of hydrogen-bond donors (Lipinski definition) is 1. The van der Waals surface area contributed by atoms with Gasteiger partial charge in [-0.3, -0.25) is 4.79 Å². The molecule has 1 atom stereocenters. The van der Waals surface area contributed by atoms with Crippen LogP contribution >= 0.6 is 47.8 Å². The van der Waals surface area contributed by atoms with Gasteiger partial charge in [0.2, 0.25) is 8.32 Å². The molecular weight excluding hydrogens is 1690 g/mol. The van der Waals surface area contributed by atoms with Crippen LogP contribution in [0.2, 0.25) is 16.6 Å². The van der Waals surface area contributed by atoms with Crippen LogP contribution in [0, 0.1) is 0 Å². The molecule has 4 aromatic heterocycles. The summed E-state index contributed by atoms with van der Waals surface area (Å²) in [5.41, 5.74) is 13.2. The normalized spacial score (nSPS) is 13.5. The molecule has 583 valence electrons. The van der Waals surface area contributed by atoms with E-state index in [1.165, 1.54) is 98.7 Å². The molecule has 16 aromatic rings. The van der Waals surface area contributed by atoms with E-state index in [0.717, 1.165) is 66.0 Å². The first-order chi connectivity index (χ1) is 54.1. The number of aliphatic hydroxyl groups is 1. The second-order valence-electron chi connectivity index (χ2n) is 29.9. The Balaban J connectivity index is 0.000000153. The van der Waals surface area contributed by atoms with Crippen molar-refractivity contribution in [1.82, 2.24) is 18.3 Å². The van der Waals surface area contributed by atoms with Crippen LogP contribution in [-0.4, -0.2) is 79.1 Å². The maximum Gasteiger partial charge on any atom is 1.00 e. The van der Waals surface area contributed by atoms with E-state index >= 15 is 0 Å². The molecular formula is C93H90B2Br3F3N4NaO7SSi. The Morgan fingerprint density at radius 3 is 1.06 bits per heavy atom. The summed E-state index contributed by atoms with van der Waals surface area (Å²) in [6.07, 6.45) is 3.04. The van der Waals surface area contributed by atoms with Crippen LogP contribution in [0.15, 0.2) is 280 Å². The van der Waals surface area contributed by atoms with Crippen molar-refractivity contribution in [3.8, 4) is 22.7 Å². The number of aliphatic hydroxyl groups excluding tert-OH is 1. The van der Waals surface area contributed by atoms with Gasteiger partial charge in [-0.15, -0.1) is 0 Å². The zero-order valence-electron chi connectivity index (χ0n) is 67.4. The number of alkyl halides is 3. The first-order valence-electron chi connectivity index (χ1n) is 38.0. The second kappa shape index (κ2) is 36.8. The number of halogens is 6. The zero-order chi connectivity index (χ0) is 80.4. The molecule has 0 aliphatic carbocycles. The fourth-order valence-corrected chi connectivity index (χ4v) is 25.0. The minimum Gasteiger partial charge on any atom is -1.00 e. The molecule has 22 heteroatoms. The van der Waals surface area contributed by atoms with Crippen LogP contribution in [0.25, 0.3) is 110 Å².